The highest BCUT2D eigenvalue weighted by molar-refractivity contribution is 5.69. The smallest absolute Gasteiger partial charge is 0.408 e. The van der Waals surface area contributed by atoms with E-state index in [4.69, 9.17) is 10.5 Å². The van der Waals surface area contributed by atoms with Crippen molar-refractivity contribution in [3.63, 3.8) is 0 Å². The largest absolute Gasteiger partial charge is 0.444 e. The number of nitrogens with two attached hydrogens (primary N) is 1. The summed E-state index contributed by atoms with van der Waals surface area (Å²) < 4.78 is 5.28. The van der Waals surface area contributed by atoms with Crippen LogP contribution in [0.25, 0.3) is 11.1 Å². The van der Waals surface area contributed by atoms with Gasteiger partial charge in [-0.05, 0) is 37.5 Å². The highest BCUT2D eigenvalue weighted by atomic mass is 16.6. The minimum atomic E-state index is -0.527. The number of benzene rings is 2. The molecule has 0 aliphatic carbocycles. The standard InChI is InChI=1S/C19H24N2O2/c1-19(2,3)23-18(22)21-17(13-20)16-11-9-15(10-12-16)14-7-5-4-6-8-14/h4-12,17H,13,20H2,1-3H3,(H,21,22). The molecule has 4 nitrogen and oxygen atoms in total. The van der Waals surface area contributed by atoms with Crippen molar-refractivity contribution >= 4 is 6.09 Å². The molecule has 0 fully saturated rings. The van der Waals surface area contributed by atoms with E-state index in [0.717, 1.165) is 16.7 Å². The van der Waals surface area contributed by atoms with Crippen molar-refractivity contribution in [3.8, 4) is 11.1 Å². The molecule has 4 heteroatoms. The monoisotopic (exact) mass is 312 g/mol. The summed E-state index contributed by atoms with van der Waals surface area (Å²) in [6.07, 6.45) is -0.458. The molecule has 1 amide bonds. The highest BCUT2D eigenvalue weighted by Crippen LogP contribution is 2.22. The van der Waals surface area contributed by atoms with Crippen molar-refractivity contribution in [2.75, 3.05) is 6.54 Å². The molecule has 0 aliphatic rings. The maximum absolute atomic E-state index is 11.9. The van der Waals surface area contributed by atoms with Crippen LogP contribution < -0.4 is 11.1 Å². The first-order chi connectivity index (χ1) is 10.9. The highest BCUT2D eigenvalue weighted by Gasteiger charge is 2.19. The number of ether oxygens (including phenoxy) is 1. The van der Waals surface area contributed by atoms with Gasteiger partial charge in [-0.25, -0.2) is 4.79 Å². The van der Waals surface area contributed by atoms with Crippen LogP contribution in [0.15, 0.2) is 54.6 Å². The molecule has 23 heavy (non-hydrogen) atoms. The molecule has 0 spiro atoms. The summed E-state index contributed by atoms with van der Waals surface area (Å²) in [7, 11) is 0. The average molecular weight is 312 g/mol. The fraction of sp³-hybridized carbons (Fsp3) is 0.316. The van der Waals surface area contributed by atoms with E-state index >= 15 is 0 Å². The van der Waals surface area contributed by atoms with Crippen molar-refractivity contribution in [1.82, 2.24) is 5.32 Å². The minimum Gasteiger partial charge on any atom is -0.444 e. The Morgan fingerprint density at radius 2 is 1.61 bits per heavy atom. The van der Waals surface area contributed by atoms with Gasteiger partial charge in [-0.15, -0.1) is 0 Å². The fourth-order valence-corrected chi connectivity index (χ4v) is 2.27. The Balaban J connectivity index is 2.08. The zero-order chi connectivity index (χ0) is 16.9. The van der Waals surface area contributed by atoms with Gasteiger partial charge in [0.1, 0.15) is 5.60 Å². The summed E-state index contributed by atoms with van der Waals surface area (Å²) in [6.45, 7) is 5.81. The van der Waals surface area contributed by atoms with Gasteiger partial charge in [-0.3, -0.25) is 0 Å². The van der Waals surface area contributed by atoms with E-state index in [1.54, 1.807) is 0 Å². The normalized spacial score (nSPS) is 12.5. The van der Waals surface area contributed by atoms with Crippen LogP contribution in [0.2, 0.25) is 0 Å². The van der Waals surface area contributed by atoms with Gasteiger partial charge in [0.05, 0.1) is 6.04 Å². The summed E-state index contributed by atoms with van der Waals surface area (Å²) >= 11 is 0. The molecule has 0 aliphatic heterocycles. The van der Waals surface area contributed by atoms with E-state index in [2.05, 4.69) is 17.4 Å². The molecular weight excluding hydrogens is 288 g/mol. The summed E-state index contributed by atoms with van der Waals surface area (Å²) in [6, 6.07) is 17.9. The van der Waals surface area contributed by atoms with E-state index in [9.17, 15) is 4.79 Å². The predicted octanol–water partition coefficient (Wildman–Crippen LogP) is 3.88. The van der Waals surface area contributed by atoms with Gasteiger partial charge in [-0.1, -0.05) is 54.6 Å². The van der Waals surface area contributed by atoms with Crippen molar-refractivity contribution < 1.29 is 9.53 Å². The van der Waals surface area contributed by atoms with Crippen LogP contribution in [0.1, 0.15) is 32.4 Å². The first-order valence-corrected chi connectivity index (χ1v) is 7.74. The van der Waals surface area contributed by atoms with E-state index in [0.29, 0.717) is 6.54 Å². The van der Waals surface area contributed by atoms with Gasteiger partial charge >= 0.3 is 6.09 Å². The van der Waals surface area contributed by atoms with Gasteiger partial charge in [0, 0.05) is 6.54 Å². The van der Waals surface area contributed by atoms with E-state index in [-0.39, 0.29) is 6.04 Å². The lowest BCUT2D eigenvalue weighted by atomic mass is 10.0. The first-order valence-electron chi connectivity index (χ1n) is 7.74. The quantitative estimate of drug-likeness (QED) is 0.900. The summed E-state index contributed by atoms with van der Waals surface area (Å²) in [4.78, 5) is 11.9. The lowest BCUT2D eigenvalue weighted by molar-refractivity contribution is 0.0505. The molecule has 2 rings (SSSR count). The number of amides is 1. The van der Waals surface area contributed by atoms with Gasteiger partial charge in [-0.2, -0.15) is 0 Å². The van der Waals surface area contributed by atoms with Crippen LogP contribution >= 0.6 is 0 Å². The molecule has 0 saturated carbocycles. The first kappa shape index (κ1) is 17.0. The average Bonchev–Trinajstić information content (AvgIpc) is 2.52. The van der Waals surface area contributed by atoms with Crippen molar-refractivity contribution in [3.05, 3.63) is 60.2 Å². The lowest BCUT2D eigenvalue weighted by Crippen LogP contribution is -2.37. The Morgan fingerprint density at radius 1 is 1.04 bits per heavy atom. The summed E-state index contributed by atoms with van der Waals surface area (Å²) in [5.74, 6) is 0. The number of carbonyl (C=O) groups is 1. The number of nitrogens with one attached hydrogen (secondary N) is 1. The number of carbonyl (C=O) groups excluding carboxylic acids is 1. The third-order valence-corrected chi connectivity index (χ3v) is 3.35. The van der Waals surface area contributed by atoms with Crippen molar-refractivity contribution in [2.24, 2.45) is 5.73 Å². The van der Waals surface area contributed by atoms with Gasteiger partial charge in [0.15, 0.2) is 0 Å². The predicted molar refractivity (Wildman–Crippen MR) is 93.0 cm³/mol. The minimum absolute atomic E-state index is 0.269. The van der Waals surface area contributed by atoms with Gasteiger partial charge < -0.3 is 15.8 Å². The van der Waals surface area contributed by atoms with Crippen LogP contribution in [0.5, 0.6) is 0 Å². The maximum Gasteiger partial charge on any atom is 0.408 e. The molecule has 1 unspecified atom stereocenters. The Labute approximate surface area is 137 Å². The Kier molecular flexibility index (Phi) is 5.40. The Bertz CT molecular complexity index is 631. The van der Waals surface area contributed by atoms with Gasteiger partial charge in [0.25, 0.3) is 0 Å². The molecule has 2 aromatic carbocycles. The van der Waals surface area contributed by atoms with Crippen molar-refractivity contribution in [1.29, 1.82) is 0 Å². The zero-order valence-corrected chi connectivity index (χ0v) is 13.9. The lowest BCUT2D eigenvalue weighted by Gasteiger charge is -2.23. The Hall–Kier alpha value is -2.33. The molecule has 0 heterocycles. The van der Waals surface area contributed by atoms with Crippen LogP contribution in [0.3, 0.4) is 0 Å². The van der Waals surface area contributed by atoms with Gasteiger partial charge in [0.2, 0.25) is 0 Å². The summed E-state index contributed by atoms with van der Waals surface area (Å²) in [5.41, 5.74) is 8.51. The number of alkyl carbamates (subject to hydrolysis) is 1. The second-order valence-corrected chi connectivity index (χ2v) is 6.42. The molecule has 0 saturated heterocycles. The fourth-order valence-electron chi connectivity index (χ4n) is 2.27. The number of hydrogen-bond donors (Lipinski definition) is 2. The van der Waals surface area contributed by atoms with E-state index < -0.39 is 11.7 Å². The van der Waals surface area contributed by atoms with Crippen LogP contribution in [0, 0.1) is 0 Å². The van der Waals surface area contributed by atoms with E-state index in [1.165, 1.54) is 0 Å². The number of rotatable bonds is 4. The number of hydrogen-bond acceptors (Lipinski definition) is 3. The maximum atomic E-state index is 11.9. The third kappa shape index (κ3) is 5.11. The van der Waals surface area contributed by atoms with Crippen LogP contribution in [-0.2, 0) is 4.74 Å². The topological polar surface area (TPSA) is 64.3 Å². The second-order valence-electron chi connectivity index (χ2n) is 6.42. The van der Waals surface area contributed by atoms with Crippen LogP contribution in [0.4, 0.5) is 4.79 Å². The zero-order valence-electron chi connectivity index (χ0n) is 13.9. The summed E-state index contributed by atoms with van der Waals surface area (Å²) in [5, 5.41) is 2.81. The molecule has 2 aromatic rings. The molecular formula is C19H24N2O2. The molecule has 1 atom stereocenters. The van der Waals surface area contributed by atoms with E-state index in [1.807, 2.05) is 63.2 Å². The molecule has 0 radical (unpaired) electrons. The molecule has 0 bridgehead atoms. The molecule has 0 aromatic heterocycles. The second kappa shape index (κ2) is 7.29. The molecule has 122 valence electrons. The SMILES string of the molecule is CC(C)(C)OC(=O)NC(CN)c1ccc(-c2ccccc2)cc1. The Morgan fingerprint density at radius 3 is 2.13 bits per heavy atom. The van der Waals surface area contributed by atoms with Crippen LogP contribution in [-0.4, -0.2) is 18.2 Å². The third-order valence-electron chi connectivity index (χ3n) is 3.35. The molecule has 3 N–H and O–H groups in total. The van der Waals surface area contributed by atoms with Crippen molar-refractivity contribution in [2.45, 2.75) is 32.4 Å².